The van der Waals surface area contributed by atoms with Crippen molar-refractivity contribution < 1.29 is 9.68 Å². The Bertz CT molecular complexity index is 1640. The molecule has 1 aliphatic rings. The third-order valence-electron chi connectivity index (χ3n) is 8.00. The SMILES string of the molecule is Cc1cc(C)c([N+]2=CN(c3cccc(-c4ccccc4)c3CO)C(c3ccccc3)C2c2ccccc2)c(C)c1. The van der Waals surface area contributed by atoms with E-state index in [1.54, 1.807) is 0 Å². The van der Waals surface area contributed by atoms with Crippen molar-refractivity contribution in [2.24, 2.45) is 0 Å². The van der Waals surface area contributed by atoms with Crippen LogP contribution in [0.1, 0.15) is 45.5 Å². The van der Waals surface area contributed by atoms with E-state index in [0.29, 0.717) is 0 Å². The number of anilines is 1. The lowest BCUT2D eigenvalue weighted by Crippen LogP contribution is -2.27. The van der Waals surface area contributed by atoms with Crippen LogP contribution in [-0.4, -0.2) is 16.0 Å². The van der Waals surface area contributed by atoms with Crippen molar-refractivity contribution in [2.75, 3.05) is 4.90 Å². The molecule has 0 spiro atoms. The molecule has 6 rings (SSSR count). The van der Waals surface area contributed by atoms with Crippen LogP contribution in [0.4, 0.5) is 11.4 Å². The van der Waals surface area contributed by atoms with Crippen LogP contribution < -0.4 is 4.90 Å². The third kappa shape index (κ3) is 4.63. The molecule has 1 N–H and O–H groups in total. The predicted molar refractivity (Wildman–Crippen MR) is 165 cm³/mol. The molecule has 198 valence electrons. The summed E-state index contributed by atoms with van der Waals surface area (Å²) >= 11 is 0. The maximum Gasteiger partial charge on any atom is 0.245 e. The molecule has 5 aromatic carbocycles. The van der Waals surface area contributed by atoms with Crippen molar-refractivity contribution >= 4 is 17.7 Å². The monoisotopic (exact) mass is 523 g/mol. The van der Waals surface area contributed by atoms with Gasteiger partial charge >= 0.3 is 0 Å². The van der Waals surface area contributed by atoms with E-state index in [4.69, 9.17) is 0 Å². The second-order valence-electron chi connectivity index (χ2n) is 10.7. The van der Waals surface area contributed by atoms with Crippen molar-refractivity contribution in [3.05, 3.63) is 155 Å². The highest BCUT2D eigenvalue weighted by molar-refractivity contribution is 5.86. The second kappa shape index (κ2) is 11.0. The van der Waals surface area contributed by atoms with E-state index < -0.39 is 0 Å². The van der Waals surface area contributed by atoms with E-state index in [-0.39, 0.29) is 18.7 Å². The molecule has 1 heterocycles. The summed E-state index contributed by atoms with van der Waals surface area (Å²) in [5.74, 6) is 0. The Morgan fingerprint density at radius 1 is 0.675 bits per heavy atom. The predicted octanol–water partition coefficient (Wildman–Crippen LogP) is 8.45. The van der Waals surface area contributed by atoms with Gasteiger partial charge in [0.1, 0.15) is 11.4 Å². The topological polar surface area (TPSA) is 26.5 Å². The minimum Gasteiger partial charge on any atom is -0.391 e. The highest BCUT2D eigenvalue weighted by Crippen LogP contribution is 2.47. The Hall–Kier alpha value is -4.47. The van der Waals surface area contributed by atoms with Crippen LogP contribution in [0.5, 0.6) is 0 Å². The maximum atomic E-state index is 10.8. The van der Waals surface area contributed by atoms with Crippen LogP contribution >= 0.6 is 0 Å². The smallest absolute Gasteiger partial charge is 0.245 e. The van der Waals surface area contributed by atoms with Crippen molar-refractivity contribution in [3.8, 4) is 11.1 Å². The Morgan fingerprint density at radius 2 is 1.25 bits per heavy atom. The van der Waals surface area contributed by atoms with Gasteiger partial charge in [0, 0.05) is 16.7 Å². The van der Waals surface area contributed by atoms with Crippen LogP contribution in [0.2, 0.25) is 0 Å². The van der Waals surface area contributed by atoms with Gasteiger partial charge < -0.3 is 5.11 Å². The van der Waals surface area contributed by atoms with E-state index in [0.717, 1.165) is 22.4 Å². The Labute approximate surface area is 237 Å². The van der Waals surface area contributed by atoms with Gasteiger partial charge in [-0.1, -0.05) is 121 Å². The Morgan fingerprint density at radius 3 is 1.85 bits per heavy atom. The van der Waals surface area contributed by atoms with Crippen LogP contribution in [0, 0.1) is 20.8 Å². The summed E-state index contributed by atoms with van der Waals surface area (Å²) < 4.78 is 2.45. The van der Waals surface area contributed by atoms with Crippen molar-refractivity contribution in [1.82, 2.24) is 0 Å². The van der Waals surface area contributed by atoms with Gasteiger partial charge in [0.05, 0.1) is 6.61 Å². The van der Waals surface area contributed by atoms with Gasteiger partial charge in [-0.3, -0.25) is 0 Å². The van der Waals surface area contributed by atoms with Crippen LogP contribution in [0.15, 0.2) is 121 Å². The molecule has 0 fully saturated rings. The molecular formula is C37H35N2O+. The minimum atomic E-state index is -0.0508. The first-order valence-corrected chi connectivity index (χ1v) is 13.9. The normalized spacial score (nSPS) is 16.7. The quantitative estimate of drug-likeness (QED) is 0.226. The van der Waals surface area contributed by atoms with Crippen LogP contribution in [-0.2, 0) is 6.61 Å². The molecule has 3 heteroatoms. The van der Waals surface area contributed by atoms with E-state index >= 15 is 0 Å². The number of benzene rings is 5. The van der Waals surface area contributed by atoms with Crippen LogP contribution in [0.3, 0.4) is 0 Å². The molecule has 1 aliphatic heterocycles. The highest BCUT2D eigenvalue weighted by atomic mass is 16.3. The number of aryl methyl sites for hydroxylation is 3. The first kappa shape index (κ1) is 25.8. The van der Waals surface area contributed by atoms with Crippen LogP contribution in [0.25, 0.3) is 11.1 Å². The molecule has 0 radical (unpaired) electrons. The molecule has 5 aromatic rings. The third-order valence-corrected chi connectivity index (χ3v) is 8.00. The number of aliphatic hydroxyl groups is 1. The molecule has 3 nitrogen and oxygen atoms in total. The fourth-order valence-corrected chi connectivity index (χ4v) is 6.43. The summed E-state index contributed by atoms with van der Waals surface area (Å²) in [6.45, 7) is 6.53. The molecule has 2 atom stereocenters. The summed E-state index contributed by atoms with van der Waals surface area (Å²) in [5, 5.41) is 10.8. The van der Waals surface area contributed by atoms with E-state index in [1.165, 1.54) is 33.5 Å². The molecule has 2 unspecified atom stereocenters. The summed E-state index contributed by atoms with van der Waals surface area (Å²) in [7, 11) is 0. The maximum absolute atomic E-state index is 10.8. The average molecular weight is 524 g/mol. The molecule has 0 amide bonds. The molecule has 40 heavy (non-hydrogen) atoms. The van der Waals surface area contributed by atoms with Gasteiger partial charge in [-0.2, -0.15) is 0 Å². The van der Waals surface area contributed by atoms with E-state index in [9.17, 15) is 5.11 Å². The summed E-state index contributed by atoms with van der Waals surface area (Å²) in [6.07, 6.45) is 2.27. The zero-order valence-electron chi connectivity index (χ0n) is 23.3. The lowest BCUT2D eigenvalue weighted by atomic mass is 9.90. The zero-order chi connectivity index (χ0) is 27.6. The fourth-order valence-electron chi connectivity index (χ4n) is 6.43. The Kier molecular flexibility index (Phi) is 7.06. The first-order valence-electron chi connectivity index (χ1n) is 13.9. The highest BCUT2D eigenvalue weighted by Gasteiger charge is 2.47. The molecule has 0 saturated carbocycles. The zero-order valence-corrected chi connectivity index (χ0v) is 23.3. The summed E-state index contributed by atoms with van der Waals surface area (Å²) in [5.41, 5.74) is 11.6. The Balaban J connectivity index is 1.63. The molecule has 0 saturated heterocycles. The van der Waals surface area contributed by atoms with Gasteiger partial charge in [-0.05, 0) is 49.1 Å². The molecule has 0 bridgehead atoms. The average Bonchev–Trinajstić information content (AvgIpc) is 3.37. The lowest BCUT2D eigenvalue weighted by Gasteiger charge is -2.26. The number of nitrogens with zero attached hydrogens (tertiary/aromatic N) is 2. The first-order chi connectivity index (χ1) is 19.6. The van der Waals surface area contributed by atoms with E-state index in [2.05, 4.69) is 140 Å². The largest absolute Gasteiger partial charge is 0.391 e. The van der Waals surface area contributed by atoms with Gasteiger partial charge in [-0.15, -0.1) is 0 Å². The molecular weight excluding hydrogens is 488 g/mol. The summed E-state index contributed by atoms with van der Waals surface area (Å²) in [4.78, 5) is 2.38. The van der Waals surface area contributed by atoms with Crippen molar-refractivity contribution in [1.29, 1.82) is 0 Å². The minimum absolute atomic E-state index is 0.0139. The van der Waals surface area contributed by atoms with Gasteiger partial charge in [0.2, 0.25) is 6.34 Å². The standard InChI is InChI=1S/C37H35N2O/c1-26-22-27(2)35(28(3)23-26)39-25-38(34-21-13-20-32(33(34)24-40)29-14-7-4-8-15-29)36(30-16-9-5-10-17-30)37(39)31-18-11-6-12-19-31/h4-23,25,36-37,40H,24H2,1-3H3/q+1. The van der Waals surface area contributed by atoms with Gasteiger partial charge in [-0.25, -0.2) is 9.48 Å². The van der Waals surface area contributed by atoms with Crippen molar-refractivity contribution in [2.45, 2.75) is 39.5 Å². The lowest BCUT2D eigenvalue weighted by molar-refractivity contribution is -0.482. The molecule has 0 aromatic heterocycles. The summed E-state index contributed by atoms with van der Waals surface area (Å²) in [6, 6.07) is 42.8. The van der Waals surface area contributed by atoms with Crippen molar-refractivity contribution in [3.63, 3.8) is 0 Å². The number of hydrogen-bond acceptors (Lipinski definition) is 2. The molecule has 0 aliphatic carbocycles. The van der Waals surface area contributed by atoms with Gasteiger partial charge in [0.15, 0.2) is 12.1 Å². The fraction of sp³-hybridized carbons (Fsp3) is 0.162. The number of rotatable bonds is 6. The number of aliphatic hydroxyl groups excluding tert-OH is 1. The number of hydrogen-bond donors (Lipinski definition) is 1. The van der Waals surface area contributed by atoms with Gasteiger partial charge in [0.25, 0.3) is 0 Å². The second-order valence-corrected chi connectivity index (χ2v) is 10.7. The van der Waals surface area contributed by atoms with E-state index in [1.807, 2.05) is 18.2 Å².